The summed E-state index contributed by atoms with van der Waals surface area (Å²) in [5, 5.41) is 8.32. The fraction of sp³-hybridized carbons (Fsp3) is 0. The molecular weight excluding hydrogens is 300 g/mol. The Hall–Kier alpha value is -0.790. The van der Waals surface area contributed by atoms with E-state index in [1.54, 1.807) is 12.1 Å². The first-order chi connectivity index (χ1) is 6.08. The lowest BCUT2D eigenvalue weighted by Gasteiger charge is -1.94. The normalized spacial score (nSPS) is 8.77. The third-order valence-corrected chi connectivity index (χ3v) is 2.09. The van der Waals surface area contributed by atoms with Crippen molar-refractivity contribution in [2.75, 3.05) is 0 Å². The molecule has 0 spiro atoms. The summed E-state index contributed by atoms with van der Waals surface area (Å²) in [6.07, 6.45) is 0. The molecule has 0 aliphatic rings. The molecular formula is C9H4Br2O2. The van der Waals surface area contributed by atoms with Gasteiger partial charge in [-0.25, -0.2) is 4.79 Å². The van der Waals surface area contributed by atoms with Crippen molar-refractivity contribution >= 4 is 37.8 Å². The average molecular weight is 304 g/mol. The predicted octanol–water partition coefficient (Wildman–Crippen LogP) is 2.65. The van der Waals surface area contributed by atoms with Crippen LogP contribution in [0.1, 0.15) is 5.56 Å². The van der Waals surface area contributed by atoms with Crippen LogP contribution in [0.5, 0.6) is 0 Å². The van der Waals surface area contributed by atoms with Crippen LogP contribution >= 0.6 is 31.9 Å². The molecule has 1 aromatic rings. The molecule has 0 atom stereocenters. The first kappa shape index (κ1) is 10.3. The van der Waals surface area contributed by atoms with Crippen LogP contribution in [-0.4, -0.2) is 11.1 Å². The molecule has 2 nitrogen and oxygen atoms in total. The van der Waals surface area contributed by atoms with Crippen molar-refractivity contribution in [3.05, 3.63) is 32.7 Å². The highest BCUT2D eigenvalue weighted by Crippen LogP contribution is 2.19. The van der Waals surface area contributed by atoms with Gasteiger partial charge in [-0.1, -0.05) is 37.8 Å². The fourth-order valence-electron chi connectivity index (χ4n) is 0.752. The molecule has 0 amide bonds. The zero-order valence-corrected chi connectivity index (χ0v) is 9.52. The molecule has 0 fully saturated rings. The van der Waals surface area contributed by atoms with Crippen molar-refractivity contribution in [3.8, 4) is 11.8 Å². The average Bonchev–Trinajstić information content (AvgIpc) is 1.99. The standard InChI is InChI=1S/C9H4Br2O2/c10-7-3-6(1-2-9(12)13)4-8(11)5-7/h3-5H,(H,12,13). The summed E-state index contributed by atoms with van der Waals surface area (Å²) in [6, 6.07) is 5.35. The molecule has 0 saturated heterocycles. The van der Waals surface area contributed by atoms with Crippen molar-refractivity contribution < 1.29 is 9.90 Å². The topological polar surface area (TPSA) is 37.3 Å². The Labute approximate surface area is 92.2 Å². The van der Waals surface area contributed by atoms with Crippen LogP contribution in [0.15, 0.2) is 27.1 Å². The van der Waals surface area contributed by atoms with Crippen molar-refractivity contribution in [2.45, 2.75) is 0 Å². The summed E-state index contributed by atoms with van der Waals surface area (Å²) < 4.78 is 1.72. The summed E-state index contributed by atoms with van der Waals surface area (Å²) in [7, 11) is 0. The molecule has 0 radical (unpaired) electrons. The Bertz CT molecular complexity index is 382. The smallest absolute Gasteiger partial charge is 0.382 e. The Morgan fingerprint density at radius 2 is 1.77 bits per heavy atom. The fourth-order valence-corrected chi connectivity index (χ4v) is 2.05. The number of aliphatic carboxylic acids is 1. The van der Waals surface area contributed by atoms with Gasteiger partial charge in [-0.15, -0.1) is 0 Å². The van der Waals surface area contributed by atoms with E-state index in [9.17, 15) is 4.79 Å². The van der Waals surface area contributed by atoms with E-state index < -0.39 is 5.97 Å². The van der Waals surface area contributed by atoms with Crippen LogP contribution in [0.4, 0.5) is 0 Å². The first-order valence-electron chi connectivity index (χ1n) is 3.29. The molecule has 0 aromatic heterocycles. The van der Waals surface area contributed by atoms with Gasteiger partial charge < -0.3 is 5.11 Å². The zero-order chi connectivity index (χ0) is 9.84. The maximum absolute atomic E-state index is 10.1. The number of hydrogen-bond donors (Lipinski definition) is 1. The van der Waals surface area contributed by atoms with Gasteiger partial charge in [0, 0.05) is 20.4 Å². The van der Waals surface area contributed by atoms with Gasteiger partial charge in [0.15, 0.2) is 0 Å². The molecule has 4 heteroatoms. The van der Waals surface area contributed by atoms with Crippen molar-refractivity contribution in [2.24, 2.45) is 0 Å². The first-order valence-corrected chi connectivity index (χ1v) is 4.87. The summed E-state index contributed by atoms with van der Waals surface area (Å²) in [6.45, 7) is 0. The number of hydrogen-bond acceptors (Lipinski definition) is 1. The van der Waals surface area contributed by atoms with Gasteiger partial charge in [-0.05, 0) is 18.2 Å². The molecule has 0 aliphatic carbocycles. The van der Waals surface area contributed by atoms with Gasteiger partial charge in [0.05, 0.1) is 0 Å². The SMILES string of the molecule is O=C(O)C#Cc1cc(Br)cc(Br)c1. The van der Waals surface area contributed by atoms with Crippen molar-refractivity contribution in [1.29, 1.82) is 0 Å². The molecule has 0 saturated carbocycles. The predicted molar refractivity (Wildman–Crippen MR) is 56.4 cm³/mol. The minimum Gasteiger partial charge on any atom is -0.472 e. The van der Waals surface area contributed by atoms with E-state index in [1.165, 1.54) is 0 Å². The lowest BCUT2D eigenvalue weighted by atomic mass is 10.2. The number of carboxylic acid groups (broad SMARTS) is 1. The summed E-state index contributed by atoms with van der Waals surface area (Å²) >= 11 is 6.55. The highest BCUT2D eigenvalue weighted by Gasteiger charge is 1.94. The van der Waals surface area contributed by atoms with Gasteiger partial charge in [0.25, 0.3) is 0 Å². The molecule has 13 heavy (non-hydrogen) atoms. The minimum atomic E-state index is -1.13. The number of carbonyl (C=O) groups is 1. The van der Waals surface area contributed by atoms with Gasteiger partial charge in [-0.3, -0.25) is 0 Å². The molecule has 1 rings (SSSR count). The van der Waals surface area contributed by atoms with Crippen molar-refractivity contribution in [3.63, 3.8) is 0 Å². The van der Waals surface area contributed by atoms with E-state index in [0.717, 1.165) is 8.95 Å². The highest BCUT2D eigenvalue weighted by atomic mass is 79.9. The summed E-state index contributed by atoms with van der Waals surface area (Å²) in [5.41, 5.74) is 0.656. The lowest BCUT2D eigenvalue weighted by Crippen LogP contribution is -1.87. The third kappa shape index (κ3) is 3.62. The van der Waals surface area contributed by atoms with E-state index in [0.29, 0.717) is 5.56 Å². The molecule has 1 aromatic carbocycles. The second kappa shape index (κ2) is 4.45. The molecule has 0 unspecified atom stereocenters. The summed E-state index contributed by atoms with van der Waals surface area (Å²) in [4.78, 5) is 10.1. The van der Waals surface area contributed by atoms with Crippen LogP contribution in [0.25, 0.3) is 0 Å². The van der Waals surface area contributed by atoms with E-state index >= 15 is 0 Å². The maximum Gasteiger partial charge on any atom is 0.382 e. The van der Waals surface area contributed by atoms with Crippen LogP contribution < -0.4 is 0 Å². The van der Waals surface area contributed by atoms with Gasteiger partial charge >= 0.3 is 5.97 Å². The highest BCUT2D eigenvalue weighted by molar-refractivity contribution is 9.11. The van der Waals surface area contributed by atoms with E-state index in [-0.39, 0.29) is 0 Å². The second-order valence-electron chi connectivity index (χ2n) is 2.21. The second-order valence-corrected chi connectivity index (χ2v) is 4.04. The molecule has 1 N–H and O–H groups in total. The quantitative estimate of drug-likeness (QED) is 0.748. The Morgan fingerprint density at radius 3 is 2.23 bits per heavy atom. The Morgan fingerprint density at radius 1 is 1.23 bits per heavy atom. The minimum absolute atomic E-state index is 0.656. The number of carboxylic acids is 1. The molecule has 0 bridgehead atoms. The number of benzene rings is 1. The maximum atomic E-state index is 10.1. The van der Waals surface area contributed by atoms with Gasteiger partial charge in [0.1, 0.15) is 0 Å². The van der Waals surface area contributed by atoms with Crippen LogP contribution in [0, 0.1) is 11.8 Å². The monoisotopic (exact) mass is 302 g/mol. The lowest BCUT2D eigenvalue weighted by molar-refractivity contribution is -0.130. The Kier molecular flexibility index (Phi) is 3.52. The van der Waals surface area contributed by atoms with E-state index in [1.807, 2.05) is 12.0 Å². The zero-order valence-electron chi connectivity index (χ0n) is 6.34. The van der Waals surface area contributed by atoms with Crippen LogP contribution in [0.2, 0.25) is 0 Å². The van der Waals surface area contributed by atoms with Gasteiger partial charge in [-0.2, -0.15) is 0 Å². The third-order valence-electron chi connectivity index (χ3n) is 1.18. The largest absolute Gasteiger partial charge is 0.472 e. The van der Waals surface area contributed by atoms with E-state index in [4.69, 9.17) is 5.11 Å². The van der Waals surface area contributed by atoms with E-state index in [2.05, 4.69) is 37.8 Å². The number of rotatable bonds is 0. The molecule has 0 aliphatic heterocycles. The van der Waals surface area contributed by atoms with Crippen molar-refractivity contribution in [1.82, 2.24) is 0 Å². The Balaban J connectivity index is 3.04. The summed E-state index contributed by atoms with van der Waals surface area (Å²) in [5.74, 6) is 3.43. The van der Waals surface area contributed by atoms with Crippen LogP contribution in [0.3, 0.4) is 0 Å². The van der Waals surface area contributed by atoms with Crippen LogP contribution in [-0.2, 0) is 4.79 Å². The number of halogens is 2. The molecule has 66 valence electrons. The molecule has 0 heterocycles. The van der Waals surface area contributed by atoms with Gasteiger partial charge in [0.2, 0.25) is 0 Å².